The minimum atomic E-state index is -2.42. The summed E-state index contributed by atoms with van der Waals surface area (Å²) in [7, 11) is 2.81. The lowest BCUT2D eigenvalue weighted by Gasteiger charge is -2.43. The third-order valence-corrected chi connectivity index (χ3v) is 13.6. The van der Waals surface area contributed by atoms with E-state index < -0.39 is 156 Å². The monoisotopic (exact) mass is 992 g/mol. The van der Waals surface area contributed by atoms with Crippen LogP contribution in [0.25, 0.3) is 0 Å². The highest BCUT2D eigenvalue weighted by Crippen LogP contribution is 2.53. The molecule has 2 aliphatic carbocycles. The highest BCUT2D eigenvalue weighted by molar-refractivity contribution is 6.31. The number of morpholine rings is 1. The van der Waals surface area contributed by atoms with Gasteiger partial charge in [0.15, 0.2) is 24.6 Å². The Morgan fingerprint density at radius 3 is 2.30 bits per heavy atom. The van der Waals surface area contributed by atoms with E-state index in [1.54, 1.807) is 20.8 Å². The molecular formula is C47H56N6O18. The number of aromatic hydroxyl groups is 2. The number of phenols is 2. The summed E-state index contributed by atoms with van der Waals surface area (Å²) in [6.45, 7) is 3.67. The van der Waals surface area contributed by atoms with Crippen molar-refractivity contribution in [3.05, 3.63) is 63.7 Å². The van der Waals surface area contributed by atoms with Crippen molar-refractivity contribution < 1.29 is 87.2 Å². The molecule has 0 saturated carbocycles. The standard InChI is InChI=1S/C47H56N6O18/c1-20(2)36(51-28(55)18-53-29(56)9-10-30(53)57)43(63)50-24(19-54)42(62)48-11-12-49-46(64)47(65)16-23-33(40(61)35-34(38(23)59)37(58)22-7-6-8-26(66-4)32(22)39(35)60)27(17-47)70-31-15-25-41(21(3)69-31)71-44-45(67-5)68-14-13-52(25)44/h6-10,20-21,24-25,27,31,36,41,44-45,54,59,61,65H,11-19H2,1-5H3,(H,48,62)(H,49,64)(H,50,63)(H,51,55)/t21-,24-,25-,27-,31-,36-,41+,44+,45-,47-/m0/s1. The second kappa shape index (κ2) is 20.4. The lowest BCUT2D eigenvalue weighted by molar-refractivity contribution is -0.256. The van der Waals surface area contributed by atoms with Crippen LogP contribution in [0.2, 0.25) is 0 Å². The number of amides is 6. The number of imide groups is 1. The normalized spacial score (nSPS) is 27.5. The molecule has 3 fully saturated rings. The maximum Gasteiger partial charge on any atom is 0.254 e. The largest absolute Gasteiger partial charge is 0.507 e. The van der Waals surface area contributed by atoms with Crippen LogP contribution in [0.4, 0.5) is 0 Å². The number of aliphatic hydroxyl groups is 2. The van der Waals surface area contributed by atoms with Crippen molar-refractivity contribution in [2.24, 2.45) is 5.92 Å². The number of carbonyl (C=O) groups excluding carboxylic acids is 8. The highest BCUT2D eigenvalue weighted by atomic mass is 16.7. The molecule has 2 aromatic carbocycles. The van der Waals surface area contributed by atoms with Crippen LogP contribution < -0.4 is 26.0 Å². The number of fused-ring (bicyclic) bond motifs is 6. The van der Waals surface area contributed by atoms with Crippen molar-refractivity contribution in [1.82, 2.24) is 31.1 Å². The number of ketones is 2. The van der Waals surface area contributed by atoms with Gasteiger partial charge in [0.05, 0.1) is 49.2 Å². The number of methoxy groups -OCH3 is 2. The van der Waals surface area contributed by atoms with Gasteiger partial charge in [0.1, 0.15) is 47.6 Å². The average Bonchev–Trinajstić information content (AvgIpc) is 3.88. The van der Waals surface area contributed by atoms with E-state index in [9.17, 15) is 58.8 Å². The predicted molar refractivity (Wildman–Crippen MR) is 239 cm³/mol. The zero-order valence-corrected chi connectivity index (χ0v) is 39.4. The van der Waals surface area contributed by atoms with E-state index >= 15 is 0 Å². The molecule has 24 heteroatoms. The highest BCUT2D eigenvalue weighted by Gasteiger charge is 2.55. The Balaban J connectivity index is 0.983. The molecular weight excluding hydrogens is 937 g/mol. The molecule has 382 valence electrons. The smallest absolute Gasteiger partial charge is 0.254 e. The van der Waals surface area contributed by atoms with Crippen LogP contribution in [-0.2, 0) is 58.9 Å². The lowest BCUT2D eigenvalue weighted by Crippen LogP contribution is -2.58. The van der Waals surface area contributed by atoms with Gasteiger partial charge in [0.2, 0.25) is 23.5 Å². The van der Waals surface area contributed by atoms with Gasteiger partial charge in [-0.3, -0.25) is 48.2 Å². The maximum absolute atomic E-state index is 14.2. The van der Waals surface area contributed by atoms with Crippen molar-refractivity contribution in [2.75, 3.05) is 53.6 Å². The summed E-state index contributed by atoms with van der Waals surface area (Å²) < 4.78 is 35.8. The first-order chi connectivity index (χ1) is 33.8. The van der Waals surface area contributed by atoms with Gasteiger partial charge >= 0.3 is 0 Å². The number of rotatable bonds is 16. The van der Waals surface area contributed by atoms with Gasteiger partial charge in [-0.2, -0.15) is 0 Å². The molecule has 4 heterocycles. The second-order valence-corrected chi connectivity index (χ2v) is 18.4. The Kier molecular flexibility index (Phi) is 14.6. The van der Waals surface area contributed by atoms with E-state index in [2.05, 4.69) is 26.2 Å². The third kappa shape index (κ3) is 9.48. The van der Waals surface area contributed by atoms with E-state index in [0.717, 1.165) is 12.2 Å². The second-order valence-electron chi connectivity index (χ2n) is 18.4. The zero-order chi connectivity index (χ0) is 51.2. The van der Waals surface area contributed by atoms with Gasteiger partial charge in [-0.1, -0.05) is 26.0 Å². The molecule has 24 nitrogen and oxygen atoms in total. The number of aliphatic hydroxyl groups excluding tert-OH is 1. The van der Waals surface area contributed by atoms with Gasteiger partial charge < -0.3 is 70.1 Å². The fourth-order valence-corrected chi connectivity index (χ4v) is 10.1. The minimum Gasteiger partial charge on any atom is -0.507 e. The molecule has 3 saturated heterocycles. The van der Waals surface area contributed by atoms with E-state index in [1.165, 1.54) is 32.4 Å². The number of ether oxygens (including phenoxy) is 6. The summed E-state index contributed by atoms with van der Waals surface area (Å²) in [5, 5.41) is 56.2. The third-order valence-electron chi connectivity index (χ3n) is 13.6. The van der Waals surface area contributed by atoms with Crippen LogP contribution in [0.3, 0.4) is 0 Å². The van der Waals surface area contributed by atoms with E-state index in [-0.39, 0.29) is 53.6 Å². The Hall–Kier alpha value is -6.38. The Morgan fingerprint density at radius 1 is 0.915 bits per heavy atom. The maximum atomic E-state index is 14.2. The SMILES string of the molecule is COc1cccc2c1C(=O)c1c(O)c3c(c(O)c1C2=O)C[C@@](O)(C(=O)NCCNC(=O)[C@H](CO)NC(=O)[C@@H](NC(=O)CN1C(=O)C=CC1=O)C(C)C)C[C@@H]3O[C@H]1C[C@H]2[C@H](O[C@@H]3[C@@H](OC)OCCN32)[C@H](C)O1. The number of phenolic OH excluding ortho intramolecular Hbond substituents is 2. The molecule has 0 radical (unpaired) electrons. The van der Waals surface area contributed by atoms with Gasteiger partial charge in [-0.05, 0) is 18.9 Å². The predicted octanol–water partition coefficient (Wildman–Crippen LogP) is -2.07. The summed E-state index contributed by atoms with van der Waals surface area (Å²) in [6.07, 6.45) is -3.78. The van der Waals surface area contributed by atoms with Gasteiger partial charge in [-0.25, -0.2) is 0 Å². The minimum absolute atomic E-state index is 0.0532. The van der Waals surface area contributed by atoms with Gasteiger partial charge in [0, 0.05) is 80.9 Å². The van der Waals surface area contributed by atoms with Gasteiger partial charge in [-0.15, -0.1) is 0 Å². The molecule has 0 unspecified atom stereocenters. The first kappa shape index (κ1) is 51.0. The quantitative estimate of drug-likeness (QED) is 0.0434. The topological polar surface area (TPSA) is 327 Å². The number of nitrogens with one attached hydrogen (secondary N) is 4. The van der Waals surface area contributed by atoms with Crippen molar-refractivity contribution in [3.8, 4) is 17.2 Å². The molecule has 6 amide bonds. The molecule has 10 atom stereocenters. The van der Waals surface area contributed by atoms with E-state index in [1.807, 2.05) is 0 Å². The van der Waals surface area contributed by atoms with Crippen molar-refractivity contribution >= 4 is 47.0 Å². The van der Waals surface area contributed by atoms with Crippen LogP contribution in [0.1, 0.15) is 82.7 Å². The molecule has 8 rings (SSSR count). The van der Waals surface area contributed by atoms with Gasteiger partial charge in [0.25, 0.3) is 17.7 Å². The van der Waals surface area contributed by atoms with Crippen LogP contribution in [0.15, 0.2) is 30.4 Å². The van der Waals surface area contributed by atoms with Crippen molar-refractivity contribution in [3.63, 3.8) is 0 Å². The fraction of sp³-hybridized carbons (Fsp3) is 0.532. The Labute approximate surface area is 405 Å². The fourth-order valence-electron chi connectivity index (χ4n) is 10.1. The number of carbonyl (C=O) groups is 8. The van der Waals surface area contributed by atoms with Crippen LogP contribution in [-0.4, -0.2) is 186 Å². The van der Waals surface area contributed by atoms with Crippen molar-refractivity contribution in [1.29, 1.82) is 0 Å². The molecule has 8 N–H and O–H groups in total. The molecule has 0 aromatic heterocycles. The number of hydrogen-bond donors (Lipinski definition) is 8. The summed E-state index contributed by atoms with van der Waals surface area (Å²) in [5.41, 5.74) is -4.12. The van der Waals surface area contributed by atoms with Crippen LogP contribution in [0, 0.1) is 5.92 Å². The van der Waals surface area contributed by atoms with E-state index in [0.29, 0.717) is 18.1 Å². The molecule has 2 aromatic rings. The summed E-state index contributed by atoms with van der Waals surface area (Å²) in [6, 6.07) is 1.27. The molecule has 6 aliphatic rings. The molecule has 71 heavy (non-hydrogen) atoms. The number of nitrogens with zero attached hydrogens (tertiary/aromatic N) is 2. The summed E-state index contributed by atoms with van der Waals surface area (Å²) in [4.78, 5) is 108. The molecule has 0 bridgehead atoms. The first-order valence-electron chi connectivity index (χ1n) is 23.1. The van der Waals surface area contributed by atoms with E-state index in [4.69, 9.17) is 28.4 Å². The van der Waals surface area contributed by atoms with Crippen LogP contribution >= 0.6 is 0 Å². The zero-order valence-electron chi connectivity index (χ0n) is 39.4. The van der Waals surface area contributed by atoms with Crippen LogP contribution in [0.5, 0.6) is 17.2 Å². The molecule has 4 aliphatic heterocycles. The Bertz CT molecular complexity index is 2550. The average molecular weight is 993 g/mol. The Morgan fingerprint density at radius 2 is 1.62 bits per heavy atom. The first-order valence-corrected chi connectivity index (χ1v) is 23.1. The summed E-state index contributed by atoms with van der Waals surface area (Å²) in [5.74, 6) is -8.59. The number of hydrogen-bond acceptors (Lipinski definition) is 19. The van der Waals surface area contributed by atoms with Crippen molar-refractivity contribution in [2.45, 2.75) is 101 Å². The lowest BCUT2D eigenvalue weighted by atomic mass is 9.72. The number of benzene rings is 2. The summed E-state index contributed by atoms with van der Waals surface area (Å²) >= 11 is 0. The molecule has 0 spiro atoms.